The number of aromatic nitrogens is 3. The fraction of sp³-hybridized carbons (Fsp3) is 0.0526. The number of pyridine rings is 1. The van der Waals surface area contributed by atoms with Crippen molar-refractivity contribution in [1.82, 2.24) is 15.2 Å². The molecule has 0 aliphatic heterocycles. The lowest BCUT2D eigenvalue weighted by Crippen LogP contribution is -1.77. The van der Waals surface area contributed by atoms with Gasteiger partial charge in [-0.1, -0.05) is 48.5 Å². The van der Waals surface area contributed by atoms with Crippen LogP contribution in [0.15, 0.2) is 73.2 Å². The van der Waals surface area contributed by atoms with Crippen molar-refractivity contribution in [3.63, 3.8) is 0 Å². The normalized spacial score (nSPS) is 11.5. The number of hydrogen-bond donors (Lipinski definition) is 1. The van der Waals surface area contributed by atoms with Crippen LogP contribution in [0.2, 0.25) is 0 Å². The van der Waals surface area contributed by atoms with Gasteiger partial charge in [0.2, 0.25) is 0 Å². The number of H-pyrrole nitrogens is 1. The van der Waals surface area contributed by atoms with E-state index >= 15 is 0 Å². The number of fused-ring (bicyclic) bond motifs is 4. The molecule has 3 nitrogen and oxygen atoms in total. The maximum atomic E-state index is 3.91. The lowest BCUT2D eigenvalue weighted by atomic mass is 10.1. The highest BCUT2D eigenvalue weighted by atomic mass is 15.1. The molecule has 0 bridgehead atoms. The van der Waals surface area contributed by atoms with Gasteiger partial charge in [0, 0.05) is 11.6 Å². The second kappa shape index (κ2) is 5.45. The van der Waals surface area contributed by atoms with Gasteiger partial charge in [0.05, 0.1) is 17.9 Å². The molecule has 0 spiro atoms. The number of aromatic amines is 1. The van der Waals surface area contributed by atoms with Crippen molar-refractivity contribution in [1.29, 1.82) is 0 Å². The van der Waals surface area contributed by atoms with Gasteiger partial charge in [-0.25, -0.2) is 0 Å². The summed E-state index contributed by atoms with van der Waals surface area (Å²) < 4.78 is 0. The summed E-state index contributed by atoms with van der Waals surface area (Å²) in [6.45, 7) is 0. The van der Waals surface area contributed by atoms with Crippen LogP contribution in [-0.4, -0.2) is 15.2 Å². The Morgan fingerprint density at radius 3 is 2.14 bits per heavy atom. The molecule has 0 atom stereocenters. The molecule has 0 unspecified atom stereocenters. The summed E-state index contributed by atoms with van der Waals surface area (Å²) in [5, 5.41) is 7.75. The Balaban J connectivity index is 0.000000122. The summed E-state index contributed by atoms with van der Waals surface area (Å²) in [6, 6.07) is 19.2. The van der Waals surface area contributed by atoms with Gasteiger partial charge in [0.25, 0.3) is 0 Å². The van der Waals surface area contributed by atoms with Crippen LogP contribution in [0.5, 0.6) is 0 Å². The average Bonchev–Trinajstić information content (AvgIpc) is 3.19. The van der Waals surface area contributed by atoms with Gasteiger partial charge in [-0.05, 0) is 34.7 Å². The lowest BCUT2D eigenvalue weighted by molar-refractivity contribution is 1.11. The summed E-state index contributed by atoms with van der Waals surface area (Å²) in [4.78, 5) is 3.91. The smallest absolute Gasteiger partial charge is 0.0833 e. The first-order valence-electron chi connectivity index (χ1n) is 7.31. The van der Waals surface area contributed by atoms with Gasteiger partial charge in [0.15, 0.2) is 0 Å². The van der Waals surface area contributed by atoms with Crippen molar-refractivity contribution >= 4 is 10.9 Å². The first kappa shape index (κ1) is 12.8. The van der Waals surface area contributed by atoms with Crippen LogP contribution in [0.3, 0.4) is 0 Å². The summed E-state index contributed by atoms with van der Waals surface area (Å²) >= 11 is 0. The molecule has 4 aromatic rings. The fourth-order valence-electron chi connectivity index (χ4n) is 2.86. The highest BCUT2D eigenvalue weighted by Gasteiger charge is 2.15. The molecule has 5 rings (SSSR count). The maximum Gasteiger partial charge on any atom is 0.0833 e. The SMILES string of the molecule is c1cc2cn[nH]c2cn1.c1ccc2c(c1)Cc1ccccc1-2. The van der Waals surface area contributed by atoms with Crippen molar-refractivity contribution in [2.75, 3.05) is 0 Å². The Morgan fingerprint density at radius 1 is 0.773 bits per heavy atom. The number of nitrogens with zero attached hydrogens (tertiary/aromatic N) is 2. The van der Waals surface area contributed by atoms with E-state index in [0.717, 1.165) is 17.3 Å². The molecule has 2 heterocycles. The van der Waals surface area contributed by atoms with E-state index in [-0.39, 0.29) is 0 Å². The molecule has 0 fully saturated rings. The summed E-state index contributed by atoms with van der Waals surface area (Å²) in [5.74, 6) is 0. The average molecular weight is 285 g/mol. The van der Waals surface area contributed by atoms with E-state index in [1.165, 1.54) is 22.3 Å². The molecule has 106 valence electrons. The van der Waals surface area contributed by atoms with Crippen LogP contribution in [0, 0.1) is 0 Å². The van der Waals surface area contributed by atoms with Crippen LogP contribution in [0.4, 0.5) is 0 Å². The van der Waals surface area contributed by atoms with E-state index in [1.54, 1.807) is 18.6 Å². The minimum absolute atomic E-state index is 0.984. The molecule has 22 heavy (non-hydrogen) atoms. The minimum atomic E-state index is 0.984. The molecule has 2 aromatic carbocycles. The lowest BCUT2D eigenvalue weighted by Gasteiger charge is -1.98. The van der Waals surface area contributed by atoms with Crippen LogP contribution >= 0.6 is 0 Å². The van der Waals surface area contributed by atoms with E-state index in [1.807, 2.05) is 6.07 Å². The number of rotatable bonds is 0. The van der Waals surface area contributed by atoms with E-state index in [9.17, 15) is 0 Å². The van der Waals surface area contributed by atoms with Crippen molar-refractivity contribution in [2.45, 2.75) is 6.42 Å². The monoisotopic (exact) mass is 285 g/mol. The zero-order chi connectivity index (χ0) is 14.8. The number of benzene rings is 2. The molecule has 1 aliphatic carbocycles. The fourth-order valence-corrected chi connectivity index (χ4v) is 2.86. The molecular weight excluding hydrogens is 270 g/mol. The van der Waals surface area contributed by atoms with Gasteiger partial charge in [-0.2, -0.15) is 5.10 Å². The van der Waals surface area contributed by atoms with Gasteiger partial charge in [-0.3, -0.25) is 10.1 Å². The molecule has 1 N–H and O–H groups in total. The van der Waals surface area contributed by atoms with Gasteiger partial charge in [-0.15, -0.1) is 0 Å². The van der Waals surface area contributed by atoms with E-state index in [0.29, 0.717) is 0 Å². The molecule has 2 aromatic heterocycles. The van der Waals surface area contributed by atoms with Crippen LogP contribution in [-0.2, 0) is 6.42 Å². The van der Waals surface area contributed by atoms with Crippen molar-refractivity contribution in [3.8, 4) is 11.1 Å². The summed E-state index contributed by atoms with van der Waals surface area (Å²) in [6.07, 6.45) is 6.38. The maximum absolute atomic E-state index is 3.91. The van der Waals surface area contributed by atoms with Gasteiger partial charge >= 0.3 is 0 Å². The molecular formula is C19H15N3. The van der Waals surface area contributed by atoms with Gasteiger partial charge < -0.3 is 0 Å². The highest BCUT2D eigenvalue weighted by molar-refractivity contribution is 5.76. The quantitative estimate of drug-likeness (QED) is 0.463. The second-order valence-electron chi connectivity index (χ2n) is 5.32. The molecule has 0 amide bonds. The third kappa shape index (κ3) is 2.27. The third-order valence-corrected chi connectivity index (χ3v) is 3.95. The predicted octanol–water partition coefficient (Wildman–Crippen LogP) is 4.22. The Labute approximate surface area is 128 Å². The predicted molar refractivity (Wildman–Crippen MR) is 88.6 cm³/mol. The van der Waals surface area contributed by atoms with E-state index in [2.05, 4.69) is 63.7 Å². The third-order valence-electron chi connectivity index (χ3n) is 3.95. The summed E-state index contributed by atoms with van der Waals surface area (Å²) in [5.41, 5.74) is 6.74. The standard InChI is InChI=1S/C13H10.C6H5N3/c1-3-7-12-10(5-1)9-11-6-2-4-8-13(11)12;1-2-7-4-6-5(1)3-8-9-6/h1-8H,9H2;1-4H,(H,8,9). The topological polar surface area (TPSA) is 41.6 Å². The zero-order valence-corrected chi connectivity index (χ0v) is 12.0. The van der Waals surface area contributed by atoms with Crippen molar-refractivity contribution in [3.05, 3.63) is 84.3 Å². The molecule has 0 radical (unpaired) electrons. The van der Waals surface area contributed by atoms with Crippen molar-refractivity contribution < 1.29 is 0 Å². The largest absolute Gasteiger partial charge is 0.276 e. The molecule has 3 heteroatoms. The Bertz CT molecular complexity index is 851. The molecule has 0 saturated heterocycles. The van der Waals surface area contributed by atoms with Crippen LogP contribution in [0.25, 0.3) is 22.0 Å². The Morgan fingerprint density at radius 2 is 1.45 bits per heavy atom. The summed E-state index contributed by atoms with van der Waals surface area (Å²) in [7, 11) is 0. The first-order valence-corrected chi connectivity index (χ1v) is 7.31. The molecule has 0 saturated carbocycles. The Hall–Kier alpha value is -2.94. The van der Waals surface area contributed by atoms with E-state index < -0.39 is 0 Å². The highest BCUT2D eigenvalue weighted by Crippen LogP contribution is 2.35. The Kier molecular flexibility index (Phi) is 3.16. The van der Waals surface area contributed by atoms with Crippen LogP contribution < -0.4 is 0 Å². The zero-order valence-electron chi connectivity index (χ0n) is 12.0. The van der Waals surface area contributed by atoms with E-state index in [4.69, 9.17) is 0 Å². The van der Waals surface area contributed by atoms with Crippen molar-refractivity contribution in [2.24, 2.45) is 0 Å². The second-order valence-corrected chi connectivity index (χ2v) is 5.32. The van der Waals surface area contributed by atoms with Gasteiger partial charge in [0.1, 0.15) is 0 Å². The number of hydrogen-bond acceptors (Lipinski definition) is 2. The number of nitrogens with one attached hydrogen (secondary N) is 1. The minimum Gasteiger partial charge on any atom is -0.276 e. The first-order chi connectivity index (χ1) is 10.9. The van der Waals surface area contributed by atoms with Crippen LogP contribution in [0.1, 0.15) is 11.1 Å². The molecule has 1 aliphatic rings.